The second-order valence-electron chi connectivity index (χ2n) is 3.94. The van der Waals surface area contributed by atoms with E-state index in [1.165, 1.54) is 6.07 Å². The molecule has 2 N–H and O–H groups in total. The van der Waals surface area contributed by atoms with Gasteiger partial charge in [-0.3, -0.25) is 10.1 Å². The molecule has 98 valence electrons. The SMILES string of the molecule is CCCCNC(=S)Nc1cccc([N+](=O)[O-])c1C. The average Bonchev–Trinajstić information content (AvgIpc) is 2.32. The number of rotatable bonds is 5. The molecular weight excluding hydrogens is 250 g/mol. The van der Waals surface area contributed by atoms with Gasteiger partial charge in [0.25, 0.3) is 5.69 Å². The molecule has 18 heavy (non-hydrogen) atoms. The van der Waals surface area contributed by atoms with E-state index < -0.39 is 4.92 Å². The van der Waals surface area contributed by atoms with Gasteiger partial charge < -0.3 is 10.6 Å². The Bertz CT molecular complexity index is 449. The number of benzene rings is 1. The highest BCUT2D eigenvalue weighted by Crippen LogP contribution is 2.24. The predicted octanol–water partition coefficient (Wildman–Crippen LogP) is 2.99. The highest BCUT2D eigenvalue weighted by atomic mass is 32.1. The minimum absolute atomic E-state index is 0.0939. The summed E-state index contributed by atoms with van der Waals surface area (Å²) in [4.78, 5) is 10.4. The molecule has 0 radical (unpaired) electrons. The number of thiocarbonyl (C=S) groups is 1. The molecule has 0 spiro atoms. The Kier molecular flexibility index (Phi) is 5.51. The van der Waals surface area contributed by atoms with Gasteiger partial charge in [0.1, 0.15) is 0 Å². The molecule has 5 nitrogen and oxygen atoms in total. The number of nitrogens with zero attached hydrogens (tertiary/aromatic N) is 1. The topological polar surface area (TPSA) is 67.2 Å². The van der Waals surface area contributed by atoms with Gasteiger partial charge in [-0.2, -0.15) is 0 Å². The summed E-state index contributed by atoms with van der Waals surface area (Å²) in [6.07, 6.45) is 2.13. The lowest BCUT2D eigenvalue weighted by molar-refractivity contribution is -0.385. The second kappa shape index (κ2) is 6.90. The number of anilines is 1. The molecule has 0 amide bonds. The van der Waals surface area contributed by atoms with Crippen LogP contribution in [-0.4, -0.2) is 16.6 Å². The number of nitrogens with one attached hydrogen (secondary N) is 2. The van der Waals surface area contributed by atoms with Gasteiger partial charge in [0.15, 0.2) is 5.11 Å². The zero-order valence-electron chi connectivity index (χ0n) is 10.5. The van der Waals surface area contributed by atoms with Crippen LogP contribution in [0.4, 0.5) is 11.4 Å². The Labute approximate surface area is 112 Å². The molecule has 0 bridgehead atoms. The van der Waals surface area contributed by atoms with Crippen LogP contribution < -0.4 is 10.6 Å². The predicted molar refractivity (Wildman–Crippen MR) is 77.0 cm³/mol. The number of unbranched alkanes of at least 4 members (excludes halogenated alkanes) is 1. The number of nitro groups is 1. The Balaban J connectivity index is 2.70. The van der Waals surface area contributed by atoms with Crippen molar-refractivity contribution in [1.29, 1.82) is 0 Å². The fourth-order valence-electron chi connectivity index (χ4n) is 1.50. The van der Waals surface area contributed by atoms with E-state index in [4.69, 9.17) is 12.2 Å². The molecule has 0 atom stereocenters. The first-order valence-corrected chi connectivity index (χ1v) is 6.26. The normalized spacial score (nSPS) is 9.89. The molecule has 1 aromatic carbocycles. The van der Waals surface area contributed by atoms with Crippen molar-refractivity contribution in [3.8, 4) is 0 Å². The summed E-state index contributed by atoms with van der Waals surface area (Å²) in [7, 11) is 0. The third-order valence-electron chi connectivity index (χ3n) is 2.57. The summed E-state index contributed by atoms with van der Waals surface area (Å²) in [6.45, 7) is 4.61. The third-order valence-corrected chi connectivity index (χ3v) is 2.81. The van der Waals surface area contributed by atoms with Crippen molar-refractivity contribution in [2.75, 3.05) is 11.9 Å². The van der Waals surface area contributed by atoms with Gasteiger partial charge in [0.2, 0.25) is 0 Å². The maximum absolute atomic E-state index is 10.8. The van der Waals surface area contributed by atoms with Crippen LogP contribution in [0.25, 0.3) is 0 Å². The van der Waals surface area contributed by atoms with E-state index in [0.717, 1.165) is 19.4 Å². The van der Waals surface area contributed by atoms with E-state index in [0.29, 0.717) is 16.4 Å². The third kappa shape index (κ3) is 3.96. The Morgan fingerprint density at radius 3 is 2.83 bits per heavy atom. The first-order chi connectivity index (χ1) is 8.56. The summed E-state index contributed by atoms with van der Waals surface area (Å²) >= 11 is 5.13. The summed E-state index contributed by atoms with van der Waals surface area (Å²) < 4.78 is 0. The number of hydrogen-bond acceptors (Lipinski definition) is 3. The van der Waals surface area contributed by atoms with Crippen LogP contribution in [0.1, 0.15) is 25.3 Å². The van der Waals surface area contributed by atoms with Crippen molar-refractivity contribution in [3.05, 3.63) is 33.9 Å². The van der Waals surface area contributed by atoms with Crippen LogP contribution in [0.3, 0.4) is 0 Å². The van der Waals surface area contributed by atoms with E-state index >= 15 is 0 Å². The smallest absolute Gasteiger partial charge is 0.274 e. The Hall–Kier alpha value is -1.69. The van der Waals surface area contributed by atoms with E-state index in [-0.39, 0.29) is 5.69 Å². The minimum Gasteiger partial charge on any atom is -0.362 e. The van der Waals surface area contributed by atoms with Crippen LogP contribution in [0.15, 0.2) is 18.2 Å². The summed E-state index contributed by atoms with van der Waals surface area (Å²) in [5.74, 6) is 0. The molecular formula is C12H17N3O2S. The fraction of sp³-hybridized carbons (Fsp3) is 0.417. The summed E-state index contributed by atoms with van der Waals surface area (Å²) in [5.41, 5.74) is 1.34. The molecule has 0 aromatic heterocycles. The molecule has 0 heterocycles. The van der Waals surface area contributed by atoms with Gasteiger partial charge in [-0.05, 0) is 31.6 Å². The fourth-order valence-corrected chi connectivity index (χ4v) is 1.71. The van der Waals surface area contributed by atoms with Gasteiger partial charge in [-0.15, -0.1) is 0 Å². The first-order valence-electron chi connectivity index (χ1n) is 5.85. The monoisotopic (exact) mass is 267 g/mol. The molecule has 0 aliphatic rings. The molecule has 0 saturated heterocycles. The van der Waals surface area contributed by atoms with Crippen LogP contribution >= 0.6 is 12.2 Å². The van der Waals surface area contributed by atoms with Crippen molar-refractivity contribution in [3.63, 3.8) is 0 Å². The van der Waals surface area contributed by atoms with Gasteiger partial charge in [0, 0.05) is 18.3 Å². The average molecular weight is 267 g/mol. The molecule has 0 aliphatic heterocycles. The van der Waals surface area contributed by atoms with E-state index in [1.807, 2.05) is 0 Å². The second-order valence-corrected chi connectivity index (χ2v) is 4.35. The zero-order valence-corrected chi connectivity index (χ0v) is 11.3. The molecule has 1 aromatic rings. The van der Waals surface area contributed by atoms with Crippen molar-refractivity contribution in [2.45, 2.75) is 26.7 Å². The molecule has 0 fully saturated rings. The lowest BCUT2D eigenvalue weighted by Gasteiger charge is -2.12. The highest BCUT2D eigenvalue weighted by molar-refractivity contribution is 7.80. The van der Waals surface area contributed by atoms with Crippen LogP contribution in [-0.2, 0) is 0 Å². The van der Waals surface area contributed by atoms with Gasteiger partial charge in [-0.25, -0.2) is 0 Å². The zero-order chi connectivity index (χ0) is 13.5. The van der Waals surface area contributed by atoms with Gasteiger partial charge in [-0.1, -0.05) is 19.4 Å². The van der Waals surface area contributed by atoms with E-state index in [2.05, 4.69) is 17.6 Å². The minimum atomic E-state index is -0.395. The van der Waals surface area contributed by atoms with Crippen LogP contribution in [0.2, 0.25) is 0 Å². The van der Waals surface area contributed by atoms with Crippen LogP contribution in [0.5, 0.6) is 0 Å². The first kappa shape index (κ1) is 14.4. The molecule has 6 heteroatoms. The van der Waals surface area contributed by atoms with Crippen LogP contribution in [0, 0.1) is 17.0 Å². The lowest BCUT2D eigenvalue weighted by atomic mass is 10.1. The molecule has 0 aliphatic carbocycles. The van der Waals surface area contributed by atoms with Gasteiger partial charge in [0.05, 0.1) is 10.5 Å². The molecule has 1 rings (SSSR count). The van der Waals surface area contributed by atoms with E-state index in [1.54, 1.807) is 19.1 Å². The lowest BCUT2D eigenvalue weighted by Crippen LogP contribution is -2.29. The number of nitro benzene ring substituents is 1. The standard InChI is InChI=1S/C12H17N3O2S/c1-3-4-8-13-12(18)14-10-6-5-7-11(9(10)2)15(16)17/h5-7H,3-4,8H2,1-2H3,(H2,13,14,18). The summed E-state index contributed by atoms with van der Waals surface area (Å²) in [5, 5.41) is 17.3. The van der Waals surface area contributed by atoms with Gasteiger partial charge >= 0.3 is 0 Å². The Morgan fingerprint density at radius 2 is 2.22 bits per heavy atom. The van der Waals surface area contributed by atoms with Crippen molar-refractivity contribution < 1.29 is 4.92 Å². The van der Waals surface area contributed by atoms with Crippen molar-refractivity contribution in [2.24, 2.45) is 0 Å². The summed E-state index contributed by atoms with van der Waals surface area (Å²) in [6, 6.07) is 4.90. The largest absolute Gasteiger partial charge is 0.362 e. The highest BCUT2D eigenvalue weighted by Gasteiger charge is 2.13. The Morgan fingerprint density at radius 1 is 1.50 bits per heavy atom. The quantitative estimate of drug-likeness (QED) is 0.371. The molecule has 0 saturated carbocycles. The maximum Gasteiger partial charge on any atom is 0.274 e. The number of hydrogen-bond donors (Lipinski definition) is 2. The van der Waals surface area contributed by atoms with Crippen molar-refractivity contribution in [1.82, 2.24) is 5.32 Å². The maximum atomic E-state index is 10.8. The van der Waals surface area contributed by atoms with E-state index in [9.17, 15) is 10.1 Å². The molecule has 0 unspecified atom stereocenters. The van der Waals surface area contributed by atoms with Crippen molar-refractivity contribution >= 4 is 28.7 Å².